The van der Waals surface area contributed by atoms with Gasteiger partial charge >= 0.3 is 0 Å². The smallest absolute Gasteiger partial charge is 0.151 e. The fraction of sp³-hybridized carbons (Fsp3) is 0. The van der Waals surface area contributed by atoms with Crippen LogP contribution in [0.15, 0.2) is 36.4 Å². The van der Waals surface area contributed by atoms with Gasteiger partial charge in [0.05, 0.1) is 22.3 Å². The zero-order chi connectivity index (χ0) is 13.1. The predicted octanol–water partition coefficient (Wildman–Crippen LogP) is 4.24. The molecule has 2 aromatic carbocycles. The van der Waals surface area contributed by atoms with Crippen LogP contribution in [0.25, 0.3) is 0 Å². The lowest BCUT2D eigenvalue weighted by Gasteiger charge is -2.10. The van der Waals surface area contributed by atoms with Crippen LogP contribution in [0.3, 0.4) is 0 Å². The van der Waals surface area contributed by atoms with Crippen molar-refractivity contribution in [2.45, 2.75) is 0 Å². The number of nitriles is 1. The second kappa shape index (κ2) is 5.18. The van der Waals surface area contributed by atoms with Gasteiger partial charge in [0.25, 0.3) is 0 Å². The Morgan fingerprint density at radius 3 is 2.56 bits per heavy atom. The summed E-state index contributed by atoms with van der Waals surface area (Å²) >= 11 is 11.8. The van der Waals surface area contributed by atoms with Crippen molar-refractivity contribution < 1.29 is 4.74 Å². The van der Waals surface area contributed by atoms with E-state index in [0.717, 1.165) is 0 Å². The summed E-state index contributed by atoms with van der Waals surface area (Å²) in [6.45, 7) is 0. The molecule has 0 bridgehead atoms. The normalized spacial score (nSPS) is 9.83. The van der Waals surface area contributed by atoms with Crippen molar-refractivity contribution in [3.8, 4) is 17.6 Å². The Hall–Kier alpha value is -1.89. The number of anilines is 1. The van der Waals surface area contributed by atoms with Gasteiger partial charge in [-0.05, 0) is 24.3 Å². The summed E-state index contributed by atoms with van der Waals surface area (Å²) in [6.07, 6.45) is 0. The SMILES string of the molecule is N#Cc1ccc(N)c(Oc2cc(Cl)ccc2Cl)c1. The molecule has 5 heteroatoms. The molecule has 2 N–H and O–H groups in total. The number of benzene rings is 2. The third kappa shape index (κ3) is 2.67. The van der Waals surface area contributed by atoms with Gasteiger partial charge in [-0.3, -0.25) is 0 Å². The third-order valence-electron chi connectivity index (χ3n) is 2.26. The minimum absolute atomic E-state index is 0.373. The number of nitrogen functional groups attached to an aromatic ring is 1. The Kier molecular flexibility index (Phi) is 3.61. The molecule has 0 aromatic heterocycles. The number of ether oxygens (including phenoxy) is 1. The van der Waals surface area contributed by atoms with Crippen molar-refractivity contribution >= 4 is 28.9 Å². The Bertz CT molecular complexity index is 635. The lowest BCUT2D eigenvalue weighted by atomic mass is 10.2. The number of nitrogens with two attached hydrogens (primary N) is 1. The average Bonchev–Trinajstić information content (AvgIpc) is 2.36. The van der Waals surface area contributed by atoms with E-state index in [4.69, 9.17) is 38.9 Å². The quantitative estimate of drug-likeness (QED) is 0.836. The summed E-state index contributed by atoms with van der Waals surface area (Å²) in [5, 5.41) is 9.75. The summed E-state index contributed by atoms with van der Waals surface area (Å²) in [4.78, 5) is 0. The zero-order valence-electron chi connectivity index (χ0n) is 9.15. The summed E-state index contributed by atoms with van der Waals surface area (Å²) in [7, 11) is 0. The molecular weight excluding hydrogens is 271 g/mol. The van der Waals surface area contributed by atoms with Crippen molar-refractivity contribution in [3.63, 3.8) is 0 Å². The van der Waals surface area contributed by atoms with Gasteiger partial charge in [-0.1, -0.05) is 23.2 Å². The Balaban J connectivity index is 2.39. The molecule has 3 nitrogen and oxygen atoms in total. The van der Waals surface area contributed by atoms with Crippen LogP contribution in [0, 0.1) is 11.3 Å². The molecule has 18 heavy (non-hydrogen) atoms. The van der Waals surface area contributed by atoms with Gasteiger partial charge in [0.15, 0.2) is 5.75 Å². The Morgan fingerprint density at radius 1 is 1.06 bits per heavy atom. The second-order valence-electron chi connectivity index (χ2n) is 3.54. The van der Waals surface area contributed by atoms with Crippen LogP contribution < -0.4 is 10.5 Å². The summed E-state index contributed by atoms with van der Waals surface area (Å²) in [5.74, 6) is 0.768. The molecule has 0 saturated heterocycles. The van der Waals surface area contributed by atoms with Crippen molar-refractivity contribution in [3.05, 3.63) is 52.0 Å². The summed E-state index contributed by atoms with van der Waals surface area (Å²) < 4.78 is 5.57. The maximum atomic E-state index is 8.82. The standard InChI is InChI=1S/C13H8Cl2N2O/c14-9-2-3-10(15)12(6-9)18-13-5-8(7-16)1-4-11(13)17/h1-6H,17H2. The van der Waals surface area contributed by atoms with Gasteiger partial charge in [0.2, 0.25) is 0 Å². The van der Waals surface area contributed by atoms with Gasteiger partial charge in [-0.15, -0.1) is 0 Å². The van der Waals surface area contributed by atoms with Crippen LogP contribution in [-0.4, -0.2) is 0 Å². The maximum Gasteiger partial charge on any atom is 0.151 e. The van der Waals surface area contributed by atoms with Crippen LogP contribution in [0.2, 0.25) is 10.0 Å². The van der Waals surface area contributed by atoms with E-state index in [2.05, 4.69) is 0 Å². The summed E-state index contributed by atoms with van der Waals surface area (Å²) in [6, 6.07) is 11.6. The molecule has 0 amide bonds. The molecule has 2 aromatic rings. The van der Waals surface area contributed by atoms with Crippen molar-refractivity contribution in [2.24, 2.45) is 0 Å². The van der Waals surface area contributed by atoms with Gasteiger partial charge in [-0.25, -0.2) is 0 Å². The lowest BCUT2D eigenvalue weighted by Crippen LogP contribution is -1.93. The number of nitrogens with zero attached hydrogens (tertiary/aromatic N) is 1. The first-order valence-electron chi connectivity index (χ1n) is 5.02. The van der Waals surface area contributed by atoms with Gasteiger partial charge in [0.1, 0.15) is 5.75 Å². The molecule has 0 radical (unpaired) electrons. The van der Waals surface area contributed by atoms with E-state index in [-0.39, 0.29) is 0 Å². The van der Waals surface area contributed by atoms with E-state index in [1.807, 2.05) is 6.07 Å². The molecule has 0 atom stereocenters. The Labute approximate surface area is 114 Å². The first-order chi connectivity index (χ1) is 8.60. The highest BCUT2D eigenvalue weighted by atomic mass is 35.5. The maximum absolute atomic E-state index is 8.82. The minimum Gasteiger partial charge on any atom is -0.454 e. The molecule has 0 aliphatic carbocycles. The van der Waals surface area contributed by atoms with Gasteiger partial charge < -0.3 is 10.5 Å². The average molecular weight is 279 g/mol. The molecule has 0 aliphatic rings. The predicted molar refractivity (Wildman–Crippen MR) is 72.1 cm³/mol. The fourth-order valence-corrected chi connectivity index (χ4v) is 1.68. The van der Waals surface area contributed by atoms with Gasteiger partial charge in [-0.2, -0.15) is 5.26 Å². The van der Waals surface area contributed by atoms with E-state index in [0.29, 0.717) is 32.8 Å². The number of hydrogen-bond acceptors (Lipinski definition) is 3. The van der Waals surface area contributed by atoms with Crippen LogP contribution >= 0.6 is 23.2 Å². The largest absolute Gasteiger partial charge is 0.454 e. The van der Waals surface area contributed by atoms with Crippen molar-refractivity contribution in [1.82, 2.24) is 0 Å². The van der Waals surface area contributed by atoms with E-state index >= 15 is 0 Å². The number of rotatable bonds is 2. The molecule has 0 unspecified atom stereocenters. The van der Waals surface area contributed by atoms with E-state index in [1.54, 1.807) is 36.4 Å². The molecular formula is C13H8Cl2N2O. The van der Waals surface area contributed by atoms with Crippen LogP contribution in [-0.2, 0) is 0 Å². The van der Waals surface area contributed by atoms with E-state index in [1.165, 1.54) is 0 Å². The second-order valence-corrected chi connectivity index (χ2v) is 4.38. The molecule has 0 heterocycles. The van der Waals surface area contributed by atoms with Crippen LogP contribution in [0.1, 0.15) is 5.56 Å². The molecule has 0 aliphatic heterocycles. The minimum atomic E-state index is 0.373. The lowest BCUT2D eigenvalue weighted by molar-refractivity contribution is 0.485. The number of halogens is 2. The molecule has 0 fully saturated rings. The van der Waals surface area contributed by atoms with Crippen LogP contribution in [0.4, 0.5) is 5.69 Å². The number of hydrogen-bond donors (Lipinski definition) is 1. The van der Waals surface area contributed by atoms with E-state index < -0.39 is 0 Å². The highest BCUT2D eigenvalue weighted by molar-refractivity contribution is 6.34. The highest BCUT2D eigenvalue weighted by Gasteiger charge is 2.07. The zero-order valence-corrected chi connectivity index (χ0v) is 10.7. The monoisotopic (exact) mass is 278 g/mol. The fourth-order valence-electron chi connectivity index (χ4n) is 1.37. The molecule has 0 spiro atoms. The Morgan fingerprint density at radius 2 is 1.83 bits per heavy atom. The van der Waals surface area contributed by atoms with Crippen molar-refractivity contribution in [2.75, 3.05) is 5.73 Å². The van der Waals surface area contributed by atoms with Crippen molar-refractivity contribution in [1.29, 1.82) is 5.26 Å². The topological polar surface area (TPSA) is 59.0 Å². The van der Waals surface area contributed by atoms with Crippen LogP contribution in [0.5, 0.6) is 11.5 Å². The first kappa shape index (κ1) is 12.6. The van der Waals surface area contributed by atoms with E-state index in [9.17, 15) is 0 Å². The molecule has 90 valence electrons. The summed E-state index contributed by atoms with van der Waals surface area (Å²) in [5.41, 5.74) is 6.65. The third-order valence-corrected chi connectivity index (χ3v) is 2.80. The first-order valence-corrected chi connectivity index (χ1v) is 5.78. The van der Waals surface area contributed by atoms with Gasteiger partial charge in [0, 0.05) is 17.2 Å². The molecule has 0 saturated carbocycles. The molecule has 2 rings (SSSR count). The highest BCUT2D eigenvalue weighted by Crippen LogP contribution is 2.34.